The minimum atomic E-state index is -3.87. The number of fused-ring (bicyclic) bond motifs is 1. The standard InChI is InChI=1S/C19H19ClN2O4S3/c1-12-16-11-13(20)3-8-17(16)28-19(12)29(24,25)22-21-18(23)9-10-27-15-6-4-14(26-2)5-7-15/h3-8,11,22H,9-10H2,1-2H3,(H,21,23). The Bertz CT molecular complexity index is 1130. The van der Waals surface area contributed by atoms with Crippen molar-refractivity contribution in [3.63, 3.8) is 0 Å². The van der Waals surface area contributed by atoms with E-state index in [1.165, 1.54) is 11.8 Å². The quantitative estimate of drug-likeness (QED) is 0.377. The highest BCUT2D eigenvalue weighted by Gasteiger charge is 2.22. The van der Waals surface area contributed by atoms with E-state index in [-0.39, 0.29) is 10.6 Å². The second-order valence-electron chi connectivity index (χ2n) is 6.08. The highest BCUT2D eigenvalue weighted by Crippen LogP contribution is 2.35. The highest BCUT2D eigenvalue weighted by atomic mass is 35.5. The number of thiophene rings is 1. The van der Waals surface area contributed by atoms with Crippen LogP contribution in [0.1, 0.15) is 12.0 Å². The number of nitrogens with one attached hydrogen (secondary N) is 2. The highest BCUT2D eigenvalue weighted by molar-refractivity contribution is 7.99. The molecule has 0 spiro atoms. The zero-order chi connectivity index (χ0) is 21.0. The van der Waals surface area contributed by atoms with Gasteiger partial charge < -0.3 is 4.74 Å². The summed E-state index contributed by atoms with van der Waals surface area (Å²) in [6, 6.07) is 12.7. The fraction of sp³-hybridized carbons (Fsp3) is 0.211. The van der Waals surface area contributed by atoms with Crippen molar-refractivity contribution in [2.24, 2.45) is 0 Å². The van der Waals surface area contributed by atoms with Crippen molar-refractivity contribution in [3.8, 4) is 5.75 Å². The topological polar surface area (TPSA) is 84.5 Å². The number of rotatable bonds is 8. The van der Waals surface area contributed by atoms with Gasteiger partial charge in [0.05, 0.1) is 7.11 Å². The number of carbonyl (C=O) groups excluding carboxylic acids is 1. The number of thioether (sulfide) groups is 1. The van der Waals surface area contributed by atoms with Crippen LogP contribution >= 0.6 is 34.7 Å². The van der Waals surface area contributed by atoms with Crippen LogP contribution in [0.2, 0.25) is 5.02 Å². The Labute approximate surface area is 182 Å². The molecule has 10 heteroatoms. The van der Waals surface area contributed by atoms with Crippen LogP contribution in [-0.4, -0.2) is 27.2 Å². The monoisotopic (exact) mass is 470 g/mol. The summed E-state index contributed by atoms with van der Waals surface area (Å²) in [5, 5.41) is 1.32. The van der Waals surface area contributed by atoms with Crippen molar-refractivity contribution in [3.05, 3.63) is 53.1 Å². The molecule has 0 radical (unpaired) electrons. The molecule has 6 nitrogen and oxygen atoms in total. The van der Waals surface area contributed by atoms with Crippen LogP contribution < -0.4 is 15.0 Å². The van der Waals surface area contributed by atoms with Crippen molar-refractivity contribution < 1.29 is 17.9 Å². The normalized spacial score (nSPS) is 11.6. The Morgan fingerprint density at radius 3 is 2.62 bits per heavy atom. The van der Waals surface area contributed by atoms with Gasteiger partial charge in [0.2, 0.25) is 5.91 Å². The number of hydrogen-bond donors (Lipinski definition) is 2. The largest absolute Gasteiger partial charge is 0.497 e. The number of hydrogen-bond acceptors (Lipinski definition) is 6. The van der Waals surface area contributed by atoms with Gasteiger partial charge in [0, 0.05) is 26.8 Å². The first-order valence-electron chi connectivity index (χ1n) is 8.56. The van der Waals surface area contributed by atoms with Crippen LogP contribution in [-0.2, 0) is 14.8 Å². The summed E-state index contributed by atoms with van der Waals surface area (Å²) in [5.74, 6) is 0.872. The molecule has 29 heavy (non-hydrogen) atoms. The molecule has 1 aromatic heterocycles. The molecule has 0 fully saturated rings. The smallest absolute Gasteiger partial charge is 0.267 e. The molecule has 2 aromatic carbocycles. The average molecular weight is 471 g/mol. The number of benzene rings is 2. The lowest BCUT2D eigenvalue weighted by Gasteiger charge is -2.08. The Morgan fingerprint density at radius 1 is 1.21 bits per heavy atom. The molecule has 1 heterocycles. The van der Waals surface area contributed by atoms with E-state index in [1.54, 1.807) is 32.2 Å². The number of sulfonamides is 1. The van der Waals surface area contributed by atoms with E-state index in [0.717, 1.165) is 32.1 Å². The lowest BCUT2D eigenvalue weighted by molar-refractivity contribution is -0.121. The number of carbonyl (C=O) groups is 1. The molecule has 0 bridgehead atoms. The third-order valence-corrected chi connectivity index (χ3v) is 8.47. The van der Waals surface area contributed by atoms with Gasteiger partial charge >= 0.3 is 0 Å². The molecule has 0 unspecified atom stereocenters. The molecule has 0 saturated heterocycles. The lowest BCUT2D eigenvalue weighted by atomic mass is 10.2. The second-order valence-corrected chi connectivity index (χ2v) is 10.6. The Morgan fingerprint density at radius 2 is 1.93 bits per heavy atom. The molecule has 3 aromatic rings. The van der Waals surface area contributed by atoms with E-state index in [9.17, 15) is 13.2 Å². The van der Waals surface area contributed by atoms with E-state index >= 15 is 0 Å². The minimum absolute atomic E-state index is 0.155. The van der Waals surface area contributed by atoms with Crippen molar-refractivity contribution in [2.45, 2.75) is 22.4 Å². The summed E-state index contributed by atoms with van der Waals surface area (Å²) >= 11 is 8.63. The van der Waals surface area contributed by atoms with Gasteiger partial charge in [0.25, 0.3) is 10.0 Å². The third-order valence-electron chi connectivity index (χ3n) is 4.08. The zero-order valence-corrected chi connectivity index (χ0v) is 18.9. The van der Waals surface area contributed by atoms with Gasteiger partial charge in [0.1, 0.15) is 9.96 Å². The van der Waals surface area contributed by atoms with E-state index in [2.05, 4.69) is 10.3 Å². The SMILES string of the molecule is COc1ccc(SCCC(=O)NNS(=O)(=O)c2sc3ccc(Cl)cc3c2C)cc1. The predicted molar refractivity (Wildman–Crippen MR) is 118 cm³/mol. The zero-order valence-electron chi connectivity index (χ0n) is 15.7. The Balaban J connectivity index is 1.55. The van der Waals surface area contributed by atoms with Gasteiger partial charge in [-0.2, -0.15) is 0 Å². The van der Waals surface area contributed by atoms with Gasteiger partial charge in [-0.3, -0.25) is 10.2 Å². The van der Waals surface area contributed by atoms with Crippen molar-refractivity contribution in [2.75, 3.05) is 12.9 Å². The maximum Gasteiger partial charge on any atom is 0.267 e. The summed E-state index contributed by atoms with van der Waals surface area (Å²) in [6.45, 7) is 1.72. The van der Waals surface area contributed by atoms with Crippen molar-refractivity contribution >= 4 is 60.7 Å². The molecule has 2 N–H and O–H groups in total. The van der Waals surface area contributed by atoms with Crippen LogP contribution in [0.25, 0.3) is 10.1 Å². The number of methoxy groups -OCH3 is 1. The fourth-order valence-electron chi connectivity index (χ4n) is 2.59. The number of ether oxygens (including phenoxy) is 1. The van der Waals surface area contributed by atoms with E-state index in [4.69, 9.17) is 16.3 Å². The summed E-state index contributed by atoms with van der Waals surface area (Å²) in [6.07, 6.45) is 0.167. The Hall–Kier alpha value is -1.78. The average Bonchev–Trinajstić information content (AvgIpc) is 3.04. The van der Waals surface area contributed by atoms with E-state index in [0.29, 0.717) is 16.3 Å². The summed E-state index contributed by atoms with van der Waals surface area (Å²) < 4.78 is 31.3. The van der Waals surface area contributed by atoms with Crippen LogP contribution in [0, 0.1) is 6.92 Å². The van der Waals surface area contributed by atoms with E-state index in [1.807, 2.05) is 24.3 Å². The van der Waals surface area contributed by atoms with Crippen LogP contribution in [0.5, 0.6) is 5.75 Å². The van der Waals surface area contributed by atoms with Gasteiger partial charge in [-0.15, -0.1) is 27.9 Å². The summed E-state index contributed by atoms with van der Waals surface area (Å²) in [7, 11) is -2.27. The molecule has 0 atom stereocenters. The lowest BCUT2D eigenvalue weighted by Crippen LogP contribution is -2.41. The molecule has 0 saturated carbocycles. The molecular weight excluding hydrogens is 452 g/mol. The van der Waals surface area contributed by atoms with Crippen LogP contribution in [0.3, 0.4) is 0 Å². The second kappa shape index (κ2) is 9.36. The molecule has 3 rings (SSSR count). The summed E-state index contributed by atoms with van der Waals surface area (Å²) in [5.41, 5.74) is 2.88. The van der Waals surface area contributed by atoms with Crippen LogP contribution in [0.15, 0.2) is 51.6 Å². The summed E-state index contributed by atoms with van der Waals surface area (Å²) in [4.78, 5) is 15.2. The predicted octanol–water partition coefficient (Wildman–Crippen LogP) is 4.36. The molecular formula is C19H19ClN2O4S3. The van der Waals surface area contributed by atoms with Crippen molar-refractivity contribution in [1.29, 1.82) is 0 Å². The maximum atomic E-state index is 12.6. The number of hydrazine groups is 1. The van der Waals surface area contributed by atoms with Gasteiger partial charge in [-0.05, 0) is 60.3 Å². The fourth-order valence-corrected chi connectivity index (χ4v) is 6.23. The number of halogens is 1. The van der Waals surface area contributed by atoms with Crippen LogP contribution in [0.4, 0.5) is 0 Å². The van der Waals surface area contributed by atoms with E-state index < -0.39 is 15.9 Å². The van der Waals surface area contributed by atoms with Gasteiger partial charge in [-0.25, -0.2) is 8.42 Å². The van der Waals surface area contributed by atoms with Crippen molar-refractivity contribution in [1.82, 2.24) is 10.3 Å². The Kier molecular flexibility index (Phi) is 7.07. The molecule has 0 aliphatic rings. The minimum Gasteiger partial charge on any atom is -0.497 e. The molecule has 154 valence electrons. The molecule has 0 aliphatic carbocycles. The van der Waals surface area contributed by atoms with Gasteiger partial charge in [0.15, 0.2) is 0 Å². The number of amides is 1. The molecule has 1 amide bonds. The first-order valence-corrected chi connectivity index (χ1v) is 12.2. The number of aryl methyl sites for hydroxylation is 1. The third kappa shape index (κ3) is 5.43. The first-order chi connectivity index (χ1) is 13.8. The van der Waals surface area contributed by atoms with Gasteiger partial charge in [-0.1, -0.05) is 11.6 Å². The molecule has 0 aliphatic heterocycles. The first kappa shape index (κ1) is 21.9. The maximum absolute atomic E-state index is 12.6.